The van der Waals surface area contributed by atoms with Crippen LogP contribution >= 0.6 is 11.3 Å². The van der Waals surface area contributed by atoms with E-state index in [1.165, 1.54) is 5.56 Å². The molecule has 0 fully saturated rings. The van der Waals surface area contributed by atoms with Crippen molar-refractivity contribution in [2.45, 2.75) is 26.4 Å². The van der Waals surface area contributed by atoms with E-state index in [9.17, 15) is 0 Å². The highest BCUT2D eigenvalue weighted by molar-refractivity contribution is 7.07. The van der Waals surface area contributed by atoms with Crippen molar-refractivity contribution in [1.29, 1.82) is 0 Å². The van der Waals surface area contributed by atoms with Gasteiger partial charge in [0.15, 0.2) is 5.82 Å². The van der Waals surface area contributed by atoms with E-state index in [0.29, 0.717) is 0 Å². The number of nitrogens with one attached hydrogen (secondary N) is 1. The zero-order valence-electron chi connectivity index (χ0n) is 12.7. The van der Waals surface area contributed by atoms with Gasteiger partial charge >= 0.3 is 0 Å². The summed E-state index contributed by atoms with van der Waals surface area (Å²) >= 11 is 1.72. The molecule has 1 N–H and O–H groups in total. The monoisotopic (exact) mass is 310 g/mol. The average Bonchev–Trinajstić information content (AvgIpc) is 3.07. The first kappa shape index (κ1) is 14.8. The summed E-state index contributed by atoms with van der Waals surface area (Å²) in [6, 6.07) is 6.20. The highest BCUT2D eigenvalue weighted by Gasteiger charge is 2.11. The lowest BCUT2D eigenvalue weighted by Crippen LogP contribution is -2.19. The third kappa shape index (κ3) is 3.37. The molecule has 0 saturated heterocycles. The van der Waals surface area contributed by atoms with Crippen LogP contribution < -0.4 is 5.32 Å². The van der Waals surface area contributed by atoms with E-state index in [0.717, 1.165) is 29.2 Å². The van der Waals surface area contributed by atoms with Gasteiger partial charge in [-0.2, -0.15) is 11.3 Å². The molecule has 22 heavy (non-hydrogen) atoms. The molecule has 0 amide bonds. The van der Waals surface area contributed by atoms with Crippen molar-refractivity contribution in [3.63, 3.8) is 0 Å². The third-order valence-corrected chi connectivity index (χ3v) is 4.35. The summed E-state index contributed by atoms with van der Waals surface area (Å²) in [5, 5.41) is 7.78. The summed E-state index contributed by atoms with van der Waals surface area (Å²) in [4.78, 5) is 13.2. The summed E-state index contributed by atoms with van der Waals surface area (Å²) < 4.78 is 0. The van der Waals surface area contributed by atoms with Crippen molar-refractivity contribution in [3.05, 3.63) is 64.4 Å². The van der Waals surface area contributed by atoms with Crippen molar-refractivity contribution in [1.82, 2.24) is 20.3 Å². The first-order chi connectivity index (χ1) is 10.7. The summed E-state index contributed by atoms with van der Waals surface area (Å²) in [7, 11) is 0. The summed E-state index contributed by atoms with van der Waals surface area (Å²) in [6.07, 6.45) is 5.43. The number of aryl methyl sites for hydroxylation is 1. The van der Waals surface area contributed by atoms with Gasteiger partial charge in [-0.25, -0.2) is 9.97 Å². The Kier molecular flexibility index (Phi) is 4.56. The molecule has 0 aliphatic carbocycles. The molecule has 0 aliphatic heterocycles. The molecule has 3 heterocycles. The molecule has 4 nitrogen and oxygen atoms in total. The summed E-state index contributed by atoms with van der Waals surface area (Å²) in [5.41, 5.74) is 4.44. The van der Waals surface area contributed by atoms with Crippen LogP contribution in [0.4, 0.5) is 0 Å². The molecular weight excluding hydrogens is 292 g/mol. The molecule has 5 heteroatoms. The molecule has 0 aliphatic rings. The van der Waals surface area contributed by atoms with Crippen molar-refractivity contribution < 1.29 is 0 Å². The van der Waals surface area contributed by atoms with E-state index in [-0.39, 0.29) is 6.04 Å². The normalized spacial score (nSPS) is 12.3. The van der Waals surface area contributed by atoms with Crippen LogP contribution in [-0.4, -0.2) is 15.0 Å². The molecule has 3 aromatic rings. The Morgan fingerprint density at radius 2 is 2.05 bits per heavy atom. The predicted molar refractivity (Wildman–Crippen MR) is 89.6 cm³/mol. The fourth-order valence-electron chi connectivity index (χ4n) is 2.32. The van der Waals surface area contributed by atoms with E-state index in [2.05, 4.69) is 44.0 Å². The Balaban J connectivity index is 1.74. The first-order valence-electron chi connectivity index (χ1n) is 7.22. The Bertz CT molecular complexity index is 726. The highest BCUT2D eigenvalue weighted by Crippen LogP contribution is 2.20. The van der Waals surface area contributed by atoms with Gasteiger partial charge in [0.05, 0.1) is 0 Å². The lowest BCUT2D eigenvalue weighted by molar-refractivity contribution is 0.568. The molecular formula is C17H18N4S. The number of pyridine rings is 1. The minimum atomic E-state index is 0.214. The van der Waals surface area contributed by atoms with Gasteiger partial charge < -0.3 is 5.32 Å². The molecule has 0 unspecified atom stereocenters. The maximum Gasteiger partial charge on any atom is 0.159 e. The van der Waals surface area contributed by atoms with Crippen LogP contribution in [0.15, 0.2) is 47.5 Å². The smallest absolute Gasteiger partial charge is 0.159 e. The number of rotatable bonds is 5. The Labute approximate surface area is 134 Å². The lowest BCUT2D eigenvalue weighted by Gasteiger charge is -2.16. The van der Waals surface area contributed by atoms with E-state index < -0.39 is 0 Å². The maximum atomic E-state index is 4.63. The molecule has 0 radical (unpaired) electrons. The molecule has 3 rings (SSSR count). The van der Waals surface area contributed by atoms with Crippen LogP contribution in [0.5, 0.6) is 0 Å². The van der Waals surface area contributed by atoms with Gasteiger partial charge in [-0.1, -0.05) is 0 Å². The molecule has 0 spiro atoms. The van der Waals surface area contributed by atoms with Crippen LogP contribution in [-0.2, 0) is 6.54 Å². The van der Waals surface area contributed by atoms with Gasteiger partial charge in [0.25, 0.3) is 0 Å². The van der Waals surface area contributed by atoms with Crippen LogP contribution in [0, 0.1) is 6.92 Å². The fourth-order valence-corrected chi connectivity index (χ4v) is 2.98. The lowest BCUT2D eigenvalue weighted by atomic mass is 10.1. The SMILES string of the molecule is Cc1nc(-c2ccncc2)ncc1[C@H](C)NCc1ccsc1. The second-order valence-corrected chi connectivity index (χ2v) is 5.98. The summed E-state index contributed by atoms with van der Waals surface area (Å²) in [6.45, 7) is 5.03. The van der Waals surface area contributed by atoms with E-state index >= 15 is 0 Å². The maximum absolute atomic E-state index is 4.63. The number of thiophene rings is 1. The minimum absolute atomic E-state index is 0.214. The predicted octanol–water partition coefficient (Wildman–Crippen LogP) is 3.76. The number of hydrogen-bond acceptors (Lipinski definition) is 5. The van der Waals surface area contributed by atoms with E-state index in [1.54, 1.807) is 23.7 Å². The van der Waals surface area contributed by atoms with Crippen molar-refractivity contribution in [3.8, 4) is 11.4 Å². The quantitative estimate of drug-likeness (QED) is 0.779. The Morgan fingerprint density at radius 1 is 1.23 bits per heavy atom. The number of nitrogens with zero attached hydrogens (tertiary/aromatic N) is 3. The molecule has 1 atom stereocenters. The van der Waals surface area contributed by atoms with Crippen molar-refractivity contribution in [2.24, 2.45) is 0 Å². The van der Waals surface area contributed by atoms with Crippen LogP contribution in [0.1, 0.15) is 29.8 Å². The van der Waals surface area contributed by atoms with E-state index in [4.69, 9.17) is 0 Å². The van der Waals surface area contributed by atoms with Gasteiger partial charge in [0.1, 0.15) is 0 Å². The molecule has 3 aromatic heterocycles. The second-order valence-electron chi connectivity index (χ2n) is 5.20. The largest absolute Gasteiger partial charge is 0.306 e. The van der Waals surface area contributed by atoms with Crippen LogP contribution in [0.3, 0.4) is 0 Å². The summed E-state index contributed by atoms with van der Waals surface area (Å²) in [5.74, 6) is 0.744. The van der Waals surface area contributed by atoms with Crippen molar-refractivity contribution >= 4 is 11.3 Å². The van der Waals surface area contributed by atoms with Gasteiger partial charge in [0, 0.05) is 48.0 Å². The Hall–Kier alpha value is -2.11. The van der Waals surface area contributed by atoms with Crippen LogP contribution in [0.2, 0.25) is 0 Å². The standard InChI is InChI=1S/C17H18N4S/c1-12(19-9-14-5-8-22-11-14)16-10-20-17(21-13(16)2)15-3-6-18-7-4-15/h3-8,10-12,19H,9H2,1-2H3/t12-/m0/s1. The van der Waals surface area contributed by atoms with Crippen molar-refractivity contribution in [2.75, 3.05) is 0 Å². The van der Waals surface area contributed by atoms with Gasteiger partial charge in [-0.15, -0.1) is 0 Å². The molecule has 0 aromatic carbocycles. The first-order valence-corrected chi connectivity index (χ1v) is 8.16. The average molecular weight is 310 g/mol. The third-order valence-electron chi connectivity index (χ3n) is 3.61. The fraction of sp³-hybridized carbons (Fsp3) is 0.235. The molecule has 0 bridgehead atoms. The zero-order chi connectivity index (χ0) is 15.4. The topological polar surface area (TPSA) is 50.7 Å². The Morgan fingerprint density at radius 3 is 2.73 bits per heavy atom. The van der Waals surface area contributed by atoms with Gasteiger partial charge in [-0.3, -0.25) is 4.98 Å². The van der Waals surface area contributed by atoms with Crippen LogP contribution in [0.25, 0.3) is 11.4 Å². The van der Waals surface area contributed by atoms with Gasteiger partial charge in [0.2, 0.25) is 0 Å². The van der Waals surface area contributed by atoms with Gasteiger partial charge in [-0.05, 0) is 48.4 Å². The number of hydrogen-bond donors (Lipinski definition) is 1. The second kappa shape index (κ2) is 6.77. The minimum Gasteiger partial charge on any atom is -0.306 e. The highest BCUT2D eigenvalue weighted by atomic mass is 32.1. The number of aromatic nitrogens is 3. The molecule has 112 valence electrons. The zero-order valence-corrected chi connectivity index (χ0v) is 13.5. The molecule has 0 saturated carbocycles. The van der Waals surface area contributed by atoms with E-state index in [1.807, 2.05) is 25.3 Å².